The zero-order valence-electron chi connectivity index (χ0n) is 20.4. The third kappa shape index (κ3) is 4.94. The quantitative estimate of drug-likeness (QED) is 0.307. The van der Waals surface area contributed by atoms with Gasteiger partial charge in [0.1, 0.15) is 11.5 Å². The molecule has 1 amide bonds. The molecule has 0 aliphatic carbocycles. The SMILES string of the molecule is CCCOc1c2c(c(OCCC)c3ccccc13)C(=O)N(c1ccc(CC(=O)OCC)cc1Cl)C2. The number of rotatable bonds is 10. The molecule has 0 atom stereocenters. The minimum atomic E-state index is -0.317. The van der Waals surface area contributed by atoms with Gasteiger partial charge >= 0.3 is 5.97 Å². The fourth-order valence-corrected chi connectivity index (χ4v) is 4.65. The Balaban J connectivity index is 1.78. The zero-order valence-corrected chi connectivity index (χ0v) is 21.1. The van der Waals surface area contributed by atoms with Crippen molar-refractivity contribution in [1.29, 1.82) is 0 Å². The number of carbonyl (C=O) groups is 2. The summed E-state index contributed by atoms with van der Waals surface area (Å²) < 4.78 is 17.4. The van der Waals surface area contributed by atoms with Crippen molar-refractivity contribution in [3.05, 3.63) is 64.2 Å². The molecule has 0 saturated heterocycles. The Bertz CT molecular complexity index is 1260. The Morgan fingerprint density at radius 3 is 2.26 bits per heavy atom. The van der Waals surface area contributed by atoms with Crippen LogP contribution in [0.15, 0.2) is 42.5 Å². The van der Waals surface area contributed by atoms with Crippen molar-refractivity contribution in [1.82, 2.24) is 0 Å². The molecule has 4 rings (SSSR count). The van der Waals surface area contributed by atoms with Gasteiger partial charge in [-0.3, -0.25) is 9.59 Å². The van der Waals surface area contributed by atoms with Gasteiger partial charge in [-0.2, -0.15) is 0 Å². The number of amides is 1. The first kappa shape index (κ1) is 24.9. The first-order valence-electron chi connectivity index (χ1n) is 12.1. The van der Waals surface area contributed by atoms with Gasteiger partial charge < -0.3 is 19.1 Å². The normalized spacial score (nSPS) is 12.7. The smallest absolute Gasteiger partial charge is 0.310 e. The van der Waals surface area contributed by atoms with Gasteiger partial charge in [0.2, 0.25) is 0 Å². The van der Waals surface area contributed by atoms with Crippen molar-refractivity contribution < 1.29 is 23.8 Å². The molecule has 35 heavy (non-hydrogen) atoms. The third-order valence-electron chi connectivity index (χ3n) is 5.85. The number of hydrogen-bond acceptors (Lipinski definition) is 5. The van der Waals surface area contributed by atoms with Crippen LogP contribution >= 0.6 is 11.6 Å². The molecule has 0 N–H and O–H groups in total. The van der Waals surface area contributed by atoms with Crippen LogP contribution in [0, 0.1) is 0 Å². The summed E-state index contributed by atoms with van der Waals surface area (Å²) in [7, 11) is 0. The fourth-order valence-electron chi connectivity index (χ4n) is 4.34. The largest absolute Gasteiger partial charge is 0.493 e. The number of hydrogen-bond donors (Lipinski definition) is 0. The molecule has 7 heteroatoms. The molecule has 0 unspecified atom stereocenters. The zero-order chi connectivity index (χ0) is 24.9. The third-order valence-corrected chi connectivity index (χ3v) is 6.15. The average molecular weight is 496 g/mol. The first-order valence-corrected chi connectivity index (χ1v) is 12.5. The lowest BCUT2D eigenvalue weighted by molar-refractivity contribution is -0.142. The predicted molar refractivity (Wildman–Crippen MR) is 138 cm³/mol. The first-order chi connectivity index (χ1) is 17.0. The summed E-state index contributed by atoms with van der Waals surface area (Å²) in [5.41, 5.74) is 2.63. The molecule has 184 valence electrons. The topological polar surface area (TPSA) is 65.1 Å². The van der Waals surface area contributed by atoms with E-state index < -0.39 is 0 Å². The van der Waals surface area contributed by atoms with E-state index in [4.69, 9.17) is 25.8 Å². The summed E-state index contributed by atoms with van der Waals surface area (Å²) in [6, 6.07) is 13.2. The maximum atomic E-state index is 13.8. The molecule has 3 aromatic carbocycles. The number of benzene rings is 3. The molecular formula is C28H30ClNO5. The van der Waals surface area contributed by atoms with E-state index in [2.05, 4.69) is 6.92 Å². The summed E-state index contributed by atoms with van der Waals surface area (Å²) in [5, 5.41) is 2.18. The van der Waals surface area contributed by atoms with E-state index in [9.17, 15) is 9.59 Å². The lowest BCUT2D eigenvalue weighted by atomic mass is 9.99. The predicted octanol–water partition coefficient (Wildman–Crippen LogP) is 6.34. The van der Waals surface area contributed by atoms with Crippen molar-refractivity contribution in [3.63, 3.8) is 0 Å². The summed E-state index contributed by atoms with van der Waals surface area (Å²) in [5.74, 6) is 0.803. The van der Waals surface area contributed by atoms with E-state index in [-0.39, 0.29) is 18.3 Å². The Labute approximate surface area is 210 Å². The fraction of sp³-hybridized carbons (Fsp3) is 0.357. The van der Waals surface area contributed by atoms with Crippen LogP contribution in [0.2, 0.25) is 5.02 Å². The van der Waals surface area contributed by atoms with Gasteiger partial charge in [-0.25, -0.2) is 0 Å². The van der Waals surface area contributed by atoms with Crippen LogP contribution in [-0.4, -0.2) is 31.7 Å². The van der Waals surface area contributed by atoms with Crippen LogP contribution in [0.3, 0.4) is 0 Å². The maximum absolute atomic E-state index is 13.8. The van der Waals surface area contributed by atoms with Crippen molar-refractivity contribution in [2.45, 2.75) is 46.6 Å². The van der Waals surface area contributed by atoms with Crippen LogP contribution in [0.1, 0.15) is 55.1 Å². The van der Waals surface area contributed by atoms with E-state index in [1.54, 1.807) is 30.0 Å². The molecule has 0 saturated carbocycles. The number of fused-ring (bicyclic) bond motifs is 2. The lowest BCUT2D eigenvalue weighted by Gasteiger charge is -2.18. The molecular weight excluding hydrogens is 466 g/mol. The van der Waals surface area contributed by atoms with E-state index in [1.807, 2.05) is 31.2 Å². The standard InChI is InChI=1S/C28H30ClNO5/c1-4-13-34-26-19-9-7-8-10-20(19)27(35-14-5-2)25-21(26)17-30(28(25)32)23-12-11-18(15-22(23)29)16-24(31)33-6-3/h7-12,15H,4-6,13-14,16-17H2,1-3H3. The molecule has 0 radical (unpaired) electrons. The van der Waals surface area contributed by atoms with Gasteiger partial charge in [-0.05, 0) is 37.5 Å². The summed E-state index contributed by atoms with van der Waals surface area (Å²) in [6.45, 7) is 7.54. The van der Waals surface area contributed by atoms with Crippen molar-refractivity contribution in [2.75, 3.05) is 24.7 Å². The van der Waals surface area contributed by atoms with E-state index >= 15 is 0 Å². The van der Waals surface area contributed by atoms with Crippen LogP contribution in [0.4, 0.5) is 5.69 Å². The monoisotopic (exact) mass is 495 g/mol. The van der Waals surface area contributed by atoms with Gasteiger partial charge in [0.25, 0.3) is 5.91 Å². The molecule has 1 heterocycles. The molecule has 1 aliphatic rings. The Kier molecular flexibility index (Phi) is 7.81. The number of halogens is 1. The molecule has 6 nitrogen and oxygen atoms in total. The average Bonchev–Trinajstić information content (AvgIpc) is 3.18. The van der Waals surface area contributed by atoms with Crippen LogP contribution in [0.5, 0.6) is 11.5 Å². The number of carbonyl (C=O) groups excluding carboxylic acids is 2. The number of nitrogens with zero attached hydrogens (tertiary/aromatic N) is 1. The molecule has 3 aromatic rings. The van der Waals surface area contributed by atoms with E-state index in [0.717, 1.165) is 34.7 Å². The Hall–Kier alpha value is -3.25. The van der Waals surface area contributed by atoms with Gasteiger partial charge in [0.15, 0.2) is 0 Å². The second kappa shape index (κ2) is 11.0. The van der Waals surface area contributed by atoms with Crippen LogP contribution < -0.4 is 14.4 Å². The van der Waals surface area contributed by atoms with Crippen molar-refractivity contribution in [2.24, 2.45) is 0 Å². The Morgan fingerprint density at radius 2 is 1.63 bits per heavy atom. The van der Waals surface area contributed by atoms with Gasteiger partial charge in [0.05, 0.1) is 49.1 Å². The molecule has 0 fully saturated rings. The minimum Gasteiger partial charge on any atom is -0.493 e. The van der Waals surface area contributed by atoms with Gasteiger partial charge in [-0.1, -0.05) is 55.8 Å². The second-order valence-electron chi connectivity index (χ2n) is 8.41. The van der Waals surface area contributed by atoms with Crippen LogP contribution in [0.25, 0.3) is 10.8 Å². The maximum Gasteiger partial charge on any atom is 0.310 e. The van der Waals surface area contributed by atoms with Crippen molar-refractivity contribution >= 4 is 39.9 Å². The van der Waals surface area contributed by atoms with Crippen LogP contribution in [-0.2, 0) is 22.5 Å². The highest BCUT2D eigenvalue weighted by Gasteiger charge is 2.37. The van der Waals surface area contributed by atoms with Crippen molar-refractivity contribution in [3.8, 4) is 11.5 Å². The Morgan fingerprint density at radius 1 is 0.971 bits per heavy atom. The summed E-state index contributed by atoms with van der Waals surface area (Å²) >= 11 is 6.62. The molecule has 0 spiro atoms. The molecule has 1 aliphatic heterocycles. The number of ether oxygens (including phenoxy) is 3. The minimum absolute atomic E-state index is 0.122. The molecule has 0 bridgehead atoms. The highest BCUT2D eigenvalue weighted by atomic mass is 35.5. The number of esters is 1. The van der Waals surface area contributed by atoms with E-state index in [0.29, 0.717) is 54.1 Å². The highest BCUT2D eigenvalue weighted by Crippen LogP contribution is 2.47. The summed E-state index contributed by atoms with van der Waals surface area (Å²) in [4.78, 5) is 27.3. The number of anilines is 1. The van der Waals surface area contributed by atoms with Gasteiger partial charge in [-0.15, -0.1) is 0 Å². The lowest BCUT2D eigenvalue weighted by Crippen LogP contribution is -2.23. The second-order valence-corrected chi connectivity index (χ2v) is 8.82. The molecule has 0 aromatic heterocycles. The van der Waals surface area contributed by atoms with E-state index in [1.165, 1.54) is 0 Å². The highest BCUT2D eigenvalue weighted by molar-refractivity contribution is 6.34. The summed E-state index contributed by atoms with van der Waals surface area (Å²) in [6.07, 6.45) is 1.79. The van der Waals surface area contributed by atoms with Gasteiger partial charge in [0, 0.05) is 16.3 Å².